The molecular formula is C20H29N3O2. The van der Waals surface area contributed by atoms with E-state index in [9.17, 15) is 0 Å². The van der Waals surface area contributed by atoms with Crippen LogP contribution >= 0.6 is 0 Å². The van der Waals surface area contributed by atoms with Crippen molar-refractivity contribution in [3.05, 3.63) is 41.1 Å². The van der Waals surface area contributed by atoms with E-state index in [1.807, 2.05) is 13.0 Å². The molecule has 0 amide bonds. The lowest BCUT2D eigenvalue weighted by Gasteiger charge is -2.30. The standard InChI is InChI=1S/C20H29N3O2/c1-15-7-8-19(25-15)13-22-10-17-12-23(9-16-5-3-4-6-16)21-20(17)18(11-22)14-24-2/h7-8,12,16,18H,3-6,9-11,13-14H2,1-2H3/t18-/m1/s1. The van der Waals surface area contributed by atoms with Crippen molar-refractivity contribution in [2.24, 2.45) is 5.92 Å². The first-order valence-electron chi connectivity index (χ1n) is 9.54. The lowest BCUT2D eigenvalue weighted by molar-refractivity contribution is 0.130. The largest absolute Gasteiger partial charge is 0.465 e. The molecule has 1 atom stereocenters. The lowest BCUT2D eigenvalue weighted by atomic mass is 9.97. The van der Waals surface area contributed by atoms with E-state index in [1.165, 1.54) is 36.9 Å². The first kappa shape index (κ1) is 16.9. The number of rotatable bonds is 6. The summed E-state index contributed by atoms with van der Waals surface area (Å²) in [6.07, 6.45) is 7.75. The van der Waals surface area contributed by atoms with Gasteiger partial charge in [-0.25, -0.2) is 0 Å². The van der Waals surface area contributed by atoms with Gasteiger partial charge in [-0.2, -0.15) is 5.10 Å². The molecule has 0 saturated heterocycles. The summed E-state index contributed by atoms with van der Waals surface area (Å²) in [7, 11) is 1.78. The van der Waals surface area contributed by atoms with Crippen molar-refractivity contribution in [2.75, 3.05) is 20.3 Å². The number of ether oxygens (including phenoxy) is 1. The highest BCUT2D eigenvalue weighted by molar-refractivity contribution is 5.25. The fraction of sp³-hybridized carbons (Fsp3) is 0.650. The monoisotopic (exact) mass is 343 g/mol. The molecule has 136 valence electrons. The maximum Gasteiger partial charge on any atom is 0.118 e. The molecule has 2 aliphatic rings. The Morgan fingerprint density at radius 1 is 1.28 bits per heavy atom. The van der Waals surface area contributed by atoms with Crippen LogP contribution in [0.3, 0.4) is 0 Å². The van der Waals surface area contributed by atoms with Gasteiger partial charge in [0.15, 0.2) is 0 Å². The van der Waals surface area contributed by atoms with Gasteiger partial charge in [-0.1, -0.05) is 12.8 Å². The van der Waals surface area contributed by atoms with Crippen LogP contribution in [0.1, 0.15) is 54.4 Å². The SMILES string of the molecule is COC[C@H]1CN(Cc2ccc(C)o2)Cc2cn(CC3CCCC3)nc21. The molecule has 5 heteroatoms. The molecule has 1 fully saturated rings. The van der Waals surface area contributed by atoms with Crippen molar-refractivity contribution >= 4 is 0 Å². The summed E-state index contributed by atoms with van der Waals surface area (Å²) in [6.45, 7) is 6.56. The van der Waals surface area contributed by atoms with Gasteiger partial charge in [0, 0.05) is 44.4 Å². The van der Waals surface area contributed by atoms with Crippen LogP contribution in [0.4, 0.5) is 0 Å². The fourth-order valence-corrected chi connectivity index (χ4v) is 4.44. The van der Waals surface area contributed by atoms with Crippen LogP contribution < -0.4 is 0 Å². The summed E-state index contributed by atoms with van der Waals surface area (Å²) in [6, 6.07) is 4.12. The number of aromatic nitrogens is 2. The van der Waals surface area contributed by atoms with Crippen molar-refractivity contribution in [2.45, 2.75) is 58.2 Å². The number of aryl methyl sites for hydroxylation is 1. The van der Waals surface area contributed by atoms with E-state index in [4.69, 9.17) is 14.3 Å². The summed E-state index contributed by atoms with van der Waals surface area (Å²) < 4.78 is 13.5. The second kappa shape index (κ2) is 7.34. The Morgan fingerprint density at radius 3 is 2.84 bits per heavy atom. The van der Waals surface area contributed by atoms with E-state index in [-0.39, 0.29) is 0 Å². The second-order valence-corrected chi connectivity index (χ2v) is 7.75. The highest BCUT2D eigenvalue weighted by Gasteiger charge is 2.29. The van der Waals surface area contributed by atoms with Crippen molar-refractivity contribution in [1.29, 1.82) is 0 Å². The van der Waals surface area contributed by atoms with E-state index in [0.717, 1.165) is 50.2 Å². The topological polar surface area (TPSA) is 43.4 Å². The van der Waals surface area contributed by atoms with Crippen LogP contribution in [0.15, 0.2) is 22.7 Å². The van der Waals surface area contributed by atoms with Crippen LogP contribution in [0.25, 0.3) is 0 Å². The maximum atomic E-state index is 5.77. The van der Waals surface area contributed by atoms with E-state index in [0.29, 0.717) is 5.92 Å². The molecule has 0 spiro atoms. The molecule has 25 heavy (non-hydrogen) atoms. The third kappa shape index (κ3) is 3.82. The Bertz CT molecular complexity index is 700. The Kier molecular flexibility index (Phi) is 4.95. The van der Waals surface area contributed by atoms with E-state index >= 15 is 0 Å². The van der Waals surface area contributed by atoms with Gasteiger partial charge in [-0.3, -0.25) is 9.58 Å². The number of nitrogens with zero attached hydrogens (tertiary/aromatic N) is 3. The molecule has 0 aromatic carbocycles. The van der Waals surface area contributed by atoms with Crippen LogP contribution in [-0.4, -0.2) is 34.9 Å². The second-order valence-electron chi connectivity index (χ2n) is 7.75. The minimum Gasteiger partial charge on any atom is -0.465 e. The summed E-state index contributed by atoms with van der Waals surface area (Å²) in [5.41, 5.74) is 2.60. The van der Waals surface area contributed by atoms with Gasteiger partial charge in [0.2, 0.25) is 0 Å². The van der Waals surface area contributed by atoms with Gasteiger partial charge in [0.25, 0.3) is 0 Å². The quantitative estimate of drug-likeness (QED) is 0.802. The molecule has 2 aromatic rings. The molecule has 5 nitrogen and oxygen atoms in total. The van der Waals surface area contributed by atoms with Crippen molar-refractivity contribution in [3.63, 3.8) is 0 Å². The summed E-state index contributed by atoms with van der Waals surface area (Å²) in [5, 5.41) is 4.95. The Hall–Kier alpha value is -1.59. The van der Waals surface area contributed by atoms with Crippen LogP contribution in [0, 0.1) is 12.8 Å². The number of fused-ring (bicyclic) bond motifs is 1. The third-order valence-corrected chi connectivity index (χ3v) is 5.59. The number of methoxy groups -OCH3 is 1. The van der Waals surface area contributed by atoms with E-state index < -0.39 is 0 Å². The first-order valence-corrected chi connectivity index (χ1v) is 9.54. The Morgan fingerprint density at radius 2 is 2.12 bits per heavy atom. The highest BCUT2D eigenvalue weighted by atomic mass is 16.5. The molecular weight excluding hydrogens is 314 g/mol. The first-order chi connectivity index (χ1) is 12.2. The van der Waals surface area contributed by atoms with Gasteiger partial charge in [0.1, 0.15) is 11.5 Å². The average Bonchev–Trinajstić information content (AvgIpc) is 3.30. The molecule has 2 aromatic heterocycles. The molecule has 1 saturated carbocycles. The van der Waals surface area contributed by atoms with Crippen LogP contribution in [-0.2, 0) is 24.4 Å². The predicted molar refractivity (Wildman–Crippen MR) is 96.4 cm³/mol. The normalized spacial score (nSPS) is 21.8. The van der Waals surface area contributed by atoms with Gasteiger partial charge in [0.05, 0.1) is 18.8 Å². The molecule has 4 rings (SSSR count). The molecule has 1 aliphatic carbocycles. The zero-order valence-corrected chi connectivity index (χ0v) is 15.4. The Labute approximate surface area is 149 Å². The fourth-order valence-electron chi connectivity index (χ4n) is 4.44. The zero-order valence-electron chi connectivity index (χ0n) is 15.4. The van der Waals surface area contributed by atoms with Crippen molar-refractivity contribution < 1.29 is 9.15 Å². The molecule has 1 aliphatic heterocycles. The molecule has 0 unspecified atom stereocenters. The summed E-state index contributed by atoms with van der Waals surface area (Å²) in [4.78, 5) is 2.45. The smallest absolute Gasteiger partial charge is 0.118 e. The molecule has 0 N–H and O–H groups in total. The third-order valence-electron chi connectivity index (χ3n) is 5.59. The van der Waals surface area contributed by atoms with Crippen molar-refractivity contribution in [1.82, 2.24) is 14.7 Å². The maximum absolute atomic E-state index is 5.77. The number of hydrogen-bond acceptors (Lipinski definition) is 4. The van der Waals surface area contributed by atoms with Crippen LogP contribution in [0.2, 0.25) is 0 Å². The summed E-state index contributed by atoms with van der Waals surface area (Å²) >= 11 is 0. The molecule has 3 heterocycles. The minimum atomic E-state index is 0.342. The van der Waals surface area contributed by atoms with Crippen LogP contribution in [0.5, 0.6) is 0 Å². The van der Waals surface area contributed by atoms with E-state index in [2.05, 4.69) is 21.8 Å². The average molecular weight is 343 g/mol. The summed E-state index contributed by atoms with van der Waals surface area (Å²) in [5.74, 6) is 3.17. The highest BCUT2D eigenvalue weighted by Crippen LogP contribution is 2.31. The number of hydrogen-bond donors (Lipinski definition) is 0. The van der Waals surface area contributed by atoms with Gasteiger partial charge in [-0.15, -0.1) is 0 Å². The van der Waals surface area contributed by atoms with Gasteiger partial charge < -0.3 is 9.15 Å². The van der Waals surface area contributed by atoms with Gasteiger partial charge >= 0.3 is 0 Å². The van der Waals surface area contributed by atoms with E-state index in [1.54, 1.807) is 7.11 Å². The number of furan rings is 1. The predicted octanol–water partition coefficient (Wildman–Crippen LogP) is 3.72. The lowest BCUT2D eigenvalue weighted by Crippen LogP contribution is -2.34. The van der Waals surface area contributed by atoms with Crippen molar-refractivity contribution in [3.8, 4) is 0 Å². The minimum absolute atomic E-state index is 0.342. The van der Waals surface area contributed by atoms with Gasteiger partial charge in [-0.05, 0) is 37.8 Å². The zero-order chi connectivity index (χ0) is 17.2. The Balaban J connectivity index is 1.50. The molecule has 0 radical (unpaired) electrons. The molecule has 0 bridgehead atoms.